The molecule has 0 fully saturated rings. The van der Waals surface area contributed by atoms with Crippen molar-refractivity contribution in [2.24, 2.45) is 0 Å². The van der Waals surface area contributed by atoms with E-state index in [0.29, 0.717) is 5.92 Å². The van der Waals surface area contributed by atoms with Crippen LogP contribution in [0, 0.1) is 0 Å². The van der Waals surface area contributed by atoms with Gasteiger partial charge in [0.2, 0.25) is 0 Å². The zero-order valence-electron chi connectivity index (χ0n) is 18.0. The largest absolute Gasteiger partial charge is 0.0622 e. The summed E-state index contributed by atoms with van der Waals surface area (Å²) >= 11 is 0. The molecule has 0 saturated heterocycles. The minimum absolute atomic E-state index is 0.495. The molecule has 5 aromatic carbocycles. The van der Waals surface area contributed by atoms with Crippen LogP contribution in [0.3, 0.4) is 0 Å². The zero-order chi connectivity index (χ0) is 21.2. The molecule has 0 aliphatic carbocycles. The van der Waals surface area contributed by atoms with Crippen molar-refractivity contribution >= 4 is 10.8 Å². The fraction of sp³-hybridized carbons (Fsp3) is 0.0968. The molecule has 0 nitrogen and oxygen atoms in total. The lowest BCUT2D eigenvalue weighted by Gasteiger charge is -2.16. The molecular weight excluding hydrogens is 372 g/mol. The van der Waals surface area contributed by atoms with Crippen LogP contribution in [0.4, 0.5) is 0 Å². The van der Waals surface area contributed by atoms with Gasteiger partial charge in [0.25, 0.3) is 0 Å². The first-order chi connectivity index (χ1) is 15.2. The Balaban J connectivity index is 1.78. The molecule has 0 aliphatic rings. The topological polar surface area (TPSA) is 0 Å². The van der Waals surface area contributed by atoms with Gasteiger partial charge in [-0.05, 0) is 73.8 Å². The molecule has 5 aromatic rings. The van der Waals surface area contributed by atoms with Gasteiger partial charge in [0.15, 0.2) is 0 Å². The Morgan fingerprint density at radius 2 is 0.903 bits per heavy atom. The van der Waals surface area contributed by atoms with Gasteiger partial charge < -0.3 is 0 Å². The summed E-state index contributed by atoms with van der Waals surface area (Å²) in [6.07, 6.45) is 0. The summed E-state index contributed by atoms with van der Waals surface area (Å²) in [5.41, 5.74) is 8.92. The molecule has 150 valence electrons. The van der Waals surface area contributed by atoms with E-state index in [-0.39, 0.29) is 0 Å². The lowest BCUT2D eigenvalue weighted by atomic mass is 9.88. The van der Waals surface area contributed by atoms with Crippen LogP contribution in [-0.2, 0) is 0 Å². The third-order valence-electron chi connectivity index (χ3n) is 6.04. The minimum atomic E-state index is 0.495. The number of fused-ring (bicyclic) bond motifs is 1. The molecule has 0 amide bonds. The monoisotopic (exact) mass is 398 g/mol. The predicted molar refractivity (Wildman–Crippen MR) is 134 cm³/mol. The first-order valence-corrected chi connectivity index (χ1v) is 11.0. The SMILES string of the molecule is CC(C)c1ccc(-c2cc(-c3ccccc3)cc(-c3ccccc3)c2)c2ccccc12. The van der Waals surface area contributed by atoms with Crippen LogP contribution < -0.4 is 0 Å². The third-order valence-corrected chi connectivity index (χ3v) is 6.04. The molecule has 0 saturated carbocycles. The average molecular weight is 399 g/mol. The quantitative estimate of drug-likeness (QED) is 0.283. The van der Waals surface area contributed by atoms with Gasteiger partial charge in [-0.15, -0.1) is 0 Å². The molecule has 0 N–H and O–H groups in total. The van der Waals surface area contributed by atoms with Gasteiger partial charge in [0.05, 0.1) is 0 Å². The molecule has 0 heterocycles. The number of benzene rings is 5. The van der Waals surface area contributed by atoms with Gasteiger partial charge in [-0.25, -0.2) is 0 Å². The third kappa shape index (κ3) is 3.78. The maximum absolute atomic E-state index is 2.33. The van der Waals surface area contributed by atoms with Crippen molar-refractivity contribution in [2.75, 3.05) is 0 Å². The predicted octanol–water partition coefficient (Wildman–Crippen LogP) is 8.96. The Hall–Kier alpha value is -3.64. The zero-order valence-corrected chi connectivity index (χ0v) is 18.0. The first-order valence-electron chi connectivity index (χ1n) is 11.0. The van der Waals surface area contributed by atoms with Crippen LogP contribution in [0.5, 0.6) is 0 Å². The Labute approximate surface area is 184 Å². The van der Waals surface area contributed by atoms with Gasteiger partial charge in [-0.2, -0.15) is 0 Å². The van der Waals surface area contributed by atoms with Gasteiger partial charge >= 0.3 is 0 Å². The van der Waals surface area contributed by atoms with Crippen LogP contribution in [0.15, 0.2) is 115 Å². The van der Waals surface area contributed by atoms with E-state index in [0.717, 1.165) is 0 Å². The van der Waals surface area contributed by atoms with E-state index >= 15 is 0 Å². The van der Waals surface area contributed by atoms with E-state index in [4.69, 9.17) is 0 Å². The molecule has 0 atom stereocenters. The van der Waals surface area contributed by atoms with Gasteiger partial charge in [-0.1, -0.05) is 111 Å². The van der Waals surface area contributed by atoms with E-state index in [9.17, 15) is 0 Å². The summed E-state index contributed by atoms with van der Waals surface area (Å²) in [4.78, 5) is 0. The highest BCUT2D eigenvalue weighted by Crippen LogP contribution is 2.38. The van der Waals surface area contributed by atoms with E-state index in [2.05, 4.69) is 129 Å². The van der Waals surface area contributed by atoms with Crippen molar-refractivity contribution in [3.8, 4) is 33.4 Å². The highest BCUT2D eigenvalue weighted by atomic mass is 14.2. The van der Waals surface area contributed by atoms with Crippen LogP contribution in [0.1, 0.15) is 25.3 Å². The van der Waals surface area contributed by atoms with Crippen LogP contribution in [-0.4, -0.2) is 0 Å². The van der Waals surface area contributed by atoms with Crippen LogP contribution >= 0.6 is 0 Å². The Kier molecular flexibility index (Phi) is 5.14. The van der Waals surface area contributed by atoms with E-state index in [1.165, 1.54) is 49.7 Å². The van der Waals surface area contributed by atoms with Crippen molar-refractivity contribution in [2.45, 2.75) is 19.8 Å². The van der Waals surface area contributed by atoms with Crippen molar-refractivity contribution in [1.29, 1.82) is 0 Å². The van der Waals surface area contributed by atoms with Gasteiger partial charge in [0.1, 0.15) is 0 Å². The summed E-state index contributed by atoms with van der Waals surface area (Å²) in [5, 5.41) is 2.67. The van der Waals surface area contributed by atoms with Gasteiger partial charge in [-0.3, -0.25) is 0 Å². The van der Waals surface area contributed by atoms with Crippen LogP contribution in [0.2, 0.25) is 0 Å². The lowest BCUT2D eigenvalue weighted by molar-refractivity contribution is 0.876. The lowest BCUT2D eigenvalue weighted by Crippen LogP contribution is -1.92. The summed E-state index contributed by atoms with van der Waals surface area (Å²) in [5.74, 6) is 0.495. The summed E-state index contributed by atoms with van der Waals surface area (Å²) in [7, 11) is 0. The van der Waals surface area contributed by atoms with Crippen molar-refractivity contribution < 1.29 is 0 Å². The standard InChI is InChI=1S/C31H26/c1-22(2)28-17-18-29(31-16-10-9-15-30(28)31)27-20-25(23-11-5-3-6-12-23)19-26(21-27)24-13-7-4-8-14-24/h3-22H,1-2H3. The maximum atomic E-state index is 2.33. The Morgan fingerprint density at radius 1 is 0.419 bits per heavy atom. The molecule has 0 bridgehead atoms. The molecule has 0 radical (unpaired) electrons. The molecule has 5 rings (SSSR count). The molecule has 31 heavy (non-hydrogen) atoms. The number of hydrogen-bond acceptors (Lipinski definition) is 0. The van der Waals surface area contributed by atoms with Crippen LogP contribution in [0.25, 0.3) is 44.2 Å². The number of rotatable bonds is 4. The van der Waals surface area contributed by atoms with Crippen molar-refractivity contribution in [3.63, 3.8) is 0 Å². The van der Waals surface area contributed by atoms with E-state index in [1.54, 1.807) is 0 Å². The second-order valence-electron chi connectivity index (χ2n) is 8.43. The smallest absolute Gasteiger partial charge is 0.0103 e. The van der Waals surface area contributed by atoms with Gasteiger partial charge in [0, 0.05) is 0 Å². The summed E-state index contributed by atoms with van der Waals surface area (Å²) in [6, 6.07) is 41.7. The molecule has 0 unspecified atom stereocenters. The average Bonchev–Trinajstić information content (AvgIpc) is 2.84. The first kappa shape index (κ1) is 19.3. The summed E-state index contributed by atoms with van der Waals surface area (Å²) < 4.78 is 0. The fourth-order valence-corrected chi connectivity index (χ4v) is 4.46. The second-order valence-corrected chi connectivity index (χ2v) is 8.43. The fourth-order valence-electron chi connectivity index (χ4n) is 4.46. The minimum Gasteiger partial charge on any atom is -0.0622 e. The molecule has 0 aromatic heterocycles. The summed E-state index contributed by atoms with van der Waals surface area (Å²) in [6.45, 7) is 4.54. The number of hydrogen-bond donors (Lipinski definition) is 0. The Morgan fingerprint density at radius 3 is 1.45 bits per heavy atom. The molecule has 0 heteroatoms. The Bertz CT molecular complexity index is 1270. The van der Waals surface area contributed by atoms with Crippen molar-refractivity contribution in [3.05, 3.63) is 121 Å². The van der Waals surface area contributed by atoms with E-state index in [1.807, 2.05) is 0 Å². The highest BCUT2D eigenvalue weighted by molar-refractivity contribution is 6.00. The van der Waals surface area contributed by atoms with Crippen molar-refractivity contribution in [1.82, 2.24) is 0 Å². The van der Waals surface area contributed by atoms with E-state index < -0.39 is 0 Å². The maximum Gasteiger partial charge on any atom is -0.0103 e. The highest BCUT2D eigenvalue weighted by Gasteiger charge is 2.12. The second kappa shape index (κ2) is 8.24. The normalized spacial score (nSPS) is 11.2. The molecule has 0 spiro atoms. The molecular formula is C31H26. The molecule has 0 aliphatic heterocycles.